The number of nitrogens with zero attached hydrogens (tertiary/aromatic N) is 3. The van der Waals surface area contributed by atoms with Gasteiger partial charge in [0.05, 0.1) is 40.4 Å². The van der Waals surface area contributed by atoms with Crippen molar-refractivity contribution in [2.24, 2.45) is 0 Å². The topological polar surface area (TPSA) is 62.3 Å². The highest BCUT2D eigenvalue weighted by molar-refractivity contribution is 6.42. The number of hydrogen-bond donors (Lipinski definition) is 0. The van der Waals surface area contributed by atoms with E-state index in [1.807, 2.05) is 12.1 Å². The zero-order valence-corrected chi connectivity index (χ0v) is 32.8. The summed E-state index contributed by atoms with van der Waals surface area (Å²) >= 11 is 12.7. The first-order chi connectivity index (χ1) is 26.5. The van der Waals surface area contributed by atoms with Crippen molar-refractivity contribution in [2.75, 3.05) is 59.5 Å². The maximum atomic E-state index is 13.8. The van der Waals surface area contributed by atoms with Crippen LogP contribution in [-0.4, -0.2) is 92.1 Å². The molecule has 6 rings (SSSR count). The van der Waals surface area contributed by atoms with Gasteiger partial charge in [-0.3, -0.25) is 9.59 Å². The molecule has 3 aromatic rings. The molecule has 0 bridgehead atoms. The van der Waals surface area contributed by atoms with Gasteiger partial charge in [0.25, 0.3) is 5.91 Å². The molecule has 0 aromatic heterocycles. The van der Waals surface area contributed by atoms with Gasteiger partial charge in [-0.15, -0.1) is 0 Å². The van der Waals surface area contributed by atoms with Crippen LogP contribution >= 0.6 is 23.2 Å². The number of halogens is 8. The number of likely N-dealkylation sites (N-methyl/N-ethyl adjacent to an activating group) is 1. The Labute approximate surface area is 332 Å². The number of ether oxygens (including phenoxy) is 2. The number of benzene rings is 3. The molecule has 0 radical (unpaired) electrons. The molecule has 0 unspecified atom stereocenters. The van der Waals surface area contributed by atoms with Crippen molar-refractivity contribution in [2.45, 2.75) is 74.9 Å². The lowest BCUT2D eigenvalue weighted by Crippen LogP contribution is -2.54. The molecule has 1 aliphatic carbocycles. The highest BCUT2D eigenvalue weighted by Gasteiger charge is 2.50. The third kappa shape index (κ3) is 9.02. The van der Waals surface area contributed by atoms with E-state index in [1.165, 1.54) is 16.0 Å². The summed E-state index contributed by atoms with van der Waals surface area (Å²) in [6, 6.07) is 14.1. The summed E-state index contributed by atoms with van der Waals surface area (Å²) in [6.07, 6.45) is -5.93. The molecule has 2 fully saturated rings. The molecule has 1 spiro atoms. The summed E-state index contributed by atoms with van der Waals surface area (Å²) in [4.78, 5) is 32.0. The van der Waals surface area contributed by atoms with Crippen molar-refractivity contribution in [1.29, 1.82) is 0 Å². The molecule has 3 aromatic carbocycles. The van der Waals surface area contributed by atoms with Gasteiger partial charge < -0.3 is 24.2 Å². The summed E-state index contributed by atoms with van der Waals surface area (Å²) in [5, 5.41) is 0.506. The number of amides is 2. The molecule has 3 aliphatic rings. The van der Waals surface area contributed by atoms with E-state index >= 15 is 0 Å². The standard InChI is InChI=1S/C41H45Cl2F6N3O4/c1-3-4-14-50(2)36(53)25-55-35-22-27-7-5-6-8-32(27)38(35)11-15-51(16-12-38)17-13-39(29-9-10-33(42)34(43)24-29)26-52(18-19-56-39)37(54)28-20-30(40(44,45)46)23-31(21-28)41(47,48)49/h5-10,20-21,23-24,35H,3-4,11-19,22,25-26H2,1-2H3/t35-,39+/m0/s1. The minimum absolute atomic E-state index is 0.00107. The Morgan fingerprint density at radius 2 is 1.61 bits per heavy atom. The number of morpholine rings is 1. The van der Waals surface area contributed by atoms with Crippen molar-refractivity contribution in [3.63, 3.8) is 0 Å². The van der Waals surface area contributed by atoms with Crippen LogP contribution in [0.5, 0.6) is 0 Å². The Balaban J connectivity index is 1.21. The average Bonchev–Trinajstić information content (AvgIpc) is 3.47. The van der Waals surface area contributed by atoms with Gasteiger partial charge in [0.15, 0.2) is 0 Å². The zero-order valence-electron chi connectivity index (χ0n) is 31.2. The van der Waals surface area contributed by atoms with Crippen molar-refractivity contribution < 1.29 is 45.4 Å². The van der Waals surface area contributed by atoms with E-state index in [0.29, 0.717) is 56.7 Å². The lowest BCUT2D eigenvalue weighted by molar-refractivity contribution is -0.143. The van der Waals surface area contributed by atoms with Crippen LogP contribution in [0.1, 0.15) is 77.2 Å². The number of unbranched alkanes of at least 4 members (excludes halogenated alkanes) is 1. The molecule has 2 heterocycles. The van der Waals surface area contributed by atoms with Crippen LogP contribution in [0.4, 0.5) is 26.3 Å². The molecule has 2 atom stereocenters. The first-order valence-electron chi connectivity index (χ1n) is 18.8. The molecule has 0 N–H and O–H groups in total. The van der Waals surface area contributed by atoms with Crippen LogP contribution in [0.2, 0.25) is 10.0 Å². The third-order valence-corrected chi connectivity index (χ3v) is 12.3. The molecule has 2 amide bonds. The van der Waals surface area contributed by atoms with E-state index in [2.05, 4.69) is 24.0 Å². The Morgan fingerprint density at radius 3 is 2.25 bits per heavy atom. The maximum absolute atomic E-state index is 13.8. The fourth-order valence-electron chi connectivity index (χ4n) is 8.35. The Hall–Kier alpha value is -3.36. The number of likely N-dealkylation sites (tertiary alicyclic amines) is 1. The minimum atomic E-state index is -5.10. The van der Waals surface area contributed by atoms with Gasteiger partial charge in [-0.05, 0) is 92.2 Å². The van der Waals surface area contributed by atoms with Gasteiger partial charge in [-0.2, -0.15) is 26.3 Å². The minimum Gasteiger partial charge on any atom is -0.367 e. The molecular formula is C41H45Cl2F6N3O4. The normalized spacial score (nSPS) is 21.3. The van der Waals surface area contributed by atoms with Crippen LogP contribution in [0.3, 0.4) is 0 Å². The highest BCUT2D eigenvalue weighted by Crippen LogP contribution is 2.48. The van der Waals surface area contributed by atoms with Crippen LogP contribution in [-0.2, 0) is 44.1 Å². The monoisotopic (exact) mass is 827 g/mol. The number of hydrogen-bond acceptors (Lipinski definition) is 5. The number of fused-ring (bicyclic) bond motifs is 2. The third-order valence-electron chi connectivity index (χ3n) is 11.6. The lowest BCUT2D eigenvalue weighted by Gasteiger charge is -2.46. The predicted octanol–water partition coefficient (Wildman–Crippen LogP) is 9.02. The SMILES string of the molecule is CCCCN(C)C(=O)CO[C@H]1Cc2ccccc2C12CCN(CC[C@]1(c3ccc(Cl)c(Cl)c3)CN(C(=O)c3cc(C(F)(F)F)cc(C(F)(F)F)c3)CCO1)CC2. The number of piperidine rings is 1. The van der Waals surface area contributed by atoms with Crippen molar-refractivity contribution in [3.8, 4) is 0 Å². The van der Waals surface area contributed by atoms with Crippen LogP contribution in [0, 0.1) is 0 Å². The van der Waals surface area contributed by atoms with Gasteiger partial charge >= 0.3 is 12.4 Å². The van der Waals surface area contributed by atoms with Gasteiger partial charge in [0.2, 0.25) is 5.91 Å². The fourth-order valence-corrected chi connectivity index (χ4v) is 8.65. The molecule has 7 nitrogen and oxygen atoms in total. The first-order valence-corrected chi connectivity index (χ1v) is 19.6. The van der Waals surface area contributed by atoms with E-state index in [-0.39, 0.29) is 59.8 Å². The molecular weight excluding hydrogens is 783 g/mol. The van der Waals surface area contributed by atoms with Crippen molar-refractivity contribution >= 4 is 35.0 Å². The maximum Gasteiger partial charge on any atom is 0.416 e. The summed E-state index contributed by atoms with van der Waals surface area (Å²) in [5.41, 5.74) is -2.33. The second kappa shape index (κ2) is 16.9. The molecule has 304 valence electrons. The van der Waals surface area contributed by atoms with E-state index in [1.54, 1.807) is 30.1 Å². The summed E-state index contributed by atoms with van der Waals surface area (Å²) in [5.74, 6) is -1.03. The van der Waals surface area contributed by atoms with E-state index in [4.69, 9.17) is 32.7 Å². The van der Waals surface area contributed by atoms with Gasteiger partial charge in [-0.25, -0.2) is 0 Å². The van der Waals surface area contributed by atoms with Crippen LogP contribution < -0.4 is 0 Å². The highest BCUT2D eigenvalue weighted by atomic mass is 35.5. The largest absolute Gasteiger partial charge is 0.416 e. The number of carbonyl (C=O) groups is 2. The fraction of sp³-hybridized carbons (Fsp3) is 0.512. The average molecular weight is 829 g/mol. The summed E-state index contributed by atoms with van der Waals surface area (Å²) < 4.78 is 95.1. The number of alkyl halides is 6. The second-order valence-corrected chi connectivity index (χ2v) is 15.9. The van der Waals surface area contributed by atoms with Crippen LogP contribution in [0.25, 0.3) is 0 Å². The lowest BCUT2D eigenvalue weighted by atomic mass is 9.72. The summed E-state index contributed by atoms with van der Waals surface area (Å²) in [7, 11) is 1.80. The van der Waals surface area contributed by atoms with E-state index in [9.17, 15) is 35.9 Å². The van der Waals surface area contributed by atoms with Gasteiger partial charge in [0, 0.05) is 37.7 Å². The molecule has 15 heteroatoms. The first kappa shape index (κ1) is 42.3. The molecule has 0 saturated carbocycles. The van der Waals surface area contributed by atoms with E-state index < -0.39 is 40.6 Å². The van der Waals surface area contributed by atoms with E-state index in [0.717, 1.165) is 25.7 Å². The number of carbonyl (C=O) groups excluding carboxylic acids is 2. The Morgan fingerprint density at radius 1 is 0.929 bits per heavy atom. The quantitative estimate of drug-likeness (QED) is 0.181. The van der Waals surface area contributed by atoms with Crippen molar-refractivity contribution in [1.82, 2.24) is 14.7 Å². The predicted molar refractivity (Wildman–Crippen MR) is 201 cm³/mol. The zero-order chi connectivity index (χ0) is 40.5. The van der Waals surface area contributed by atoms with Crippen LogP contribution in [0.15, 0.2) is 60.7 Å². The molecule has 2 saturated heterocycles. The molecule has 2 aliphatic heterocycles. The van der Waals surface area contributed by atoms with Gasteiger partial charge in [-0.1, -0.05) is 66.9 Å². The summed E-state index contributed by atoms with van der Waals surface area (Å²) in [6.45, 7) is 4.39. The van der Waals surface area contributed by atoms with Gasteiger partial charge in [0.1, 0.15) is 12.2 Å². The second-order valence-electron chi connectivity index (χ2n) is 15.1. The smallest absolute Gasteiger partial charge is 0.367 e. The number of rotatable bonds is 11. The van der Waals surface area contributed by atoms with Crippen molar-refractivity contribution in [3.05, 3.63) is 104 Å². The Bertz CT molecular complexity index is 1870. The Kier molecular flexibility index (Phi) is 12.7. The molecule has 56 heavy (non-hydrogen) atoms.